The van der Waals surface area contributed by atoms with E-state index in [1.54, 1.807) is 14.2 Å². The third kappa shape index (κ3) is 3.90. The Balaban J connectivity index is 2.76. The minimum absolute atomic E-state index is 0.0364. The van der Waals surface area contributed by atoms with Crippen molar-refractivity contribution in [3.63, 3.8) is 0 Å². The van der Waals surface area contributed by atoms with Crippen molar-refractivity contribution in [3.05, 3.63) is 0 Å². The zero-order chi connectivity index (χ0) is 13.4. The quantitative estimate of drug-likeness (QED) is 0.688. The SMILES string of the molecule is COCCN(C(C)COC)C1(CN)CCOCC1. The summed E-state index contributed by atoms with van der Waals surface area (Å²) in [5.41, 5.74) is 6.10. The van der Waals surface area contributed by atoms with Crippen molar-refractivity contribution in [2.45, 2.75) is 31.3 Å². The molecule has 0 aromatic rings. The molecule has 1 atom stereocenters. The molecule has 1 aliphatic rings. The molecule has 0 aromatic carbocycles. The molecule has 1 aliphatic heterocycles. The highest BCUT2D eigenvalue weighted by Crippen LogP contribution is 2.28. The van der Waals surface area contributed by atoms with Crippen molar-refractivity contribution >= 4 is 0 Å². The van der Waals surface area contributed by atoms with Crippen LogP contribution in [0.15, 0.2) is 0 Å². The lowest BCUT2D eigenvalue weighted by molar-refractivity contribution is -0.0606. The van der Waals surface area contributed by atoms with Crippen molar-refractivity contribution in [1.82, 2.24) is 4.90 Å². The highest BCUT2D eigenvalue weighted by atomic mass is 16.5. The van der Waals surface area contributed by atoms with Gasteiger partial charge in [0.15, 0.2) is 0 Å². The van der Waals surface area contributed by atoms with E-state index in [0.717, 1.165) is 39.2 Å². The Morgan fingerprint density at radius 2 is 1.94 bits per heavy atom. The number of nitrogens with two attached hydrogens (primary N) is 1. The van der Waals surface area contributed by atoms with E-state index in [-0.39, 0.29) is 5.54 Å². The number of hydrogen-bond acceptors (Lipinski definition) is 5. The standard InChI is InChI=1S/C13H28N2O3/c1-12(10-17-3)15(6-9-16-2)13(11-14)4-7-18-8-5-13/h12H,4-11,14H2,1-3H3. The third-order valence-electron chi connectivity index (χ3n) is 3.89. The molecule has 0 aliphatic carbocycles. The zero-order valence-electron chi connectivity index (χ0n) is 12.0. The van der Waals surface area contributed by atoms with Gasteiger partial charge >= 0.3 is 0 Å². The van der Waals surface area contributed by atoms with Crippen LogP contribution in [0.4, 0.5) is 0 Å². The molecule has 5 heteroatoms. The summed E-state index contributed by atoms with van der Waals surface area (Å²) >= 11 is 0. The highest BCUT2D eigenvalue weighted by molar-refractivity contribution is 4.95. The summed E-state index contributed by atoms with van der Waals surface area (Å²) in [7, 11) is 3.47. The van der Waals surface area contributed by atoms with Gasteiger partial charge in [0.05, 0.1) is 13.2 Å². The Hall–Kier alpha value is -0.200. The average molecular weight is 260 g/mol. The van der Waals surface area contributed by atoms with Crippen molar-refractivity contribution in [2.24, 2.45) is 5.73 Å². The predicted molar refractivity (Wildman–Crippen MR) is 71.8 cm³/mol. The van der Waals surface area contributed by atoms with Gasteiger partial charge in [0.25, 0.3) is 0 Å². The second-order valence-corrected chi connectivity index (χ2v) is 5.03. The molecule has 18 heavy (non-hydrogen) atoms. The lowest BCUT2D eigenvalue weighted by atomic mass is 9.86. The first-order chi connectivity index (χ1) is 8.70. The fourth-order valence-corrected chi connectivity index (χ4v) is 2.81. The largest absolute Gasteiger partial charge is 0.383 e. The maximum atomic E-state index is 6.07. The van der Waals surface area contributed by atoms with Crippen LogP contribution in [0.5, 0.6) is 0 Å². The van der Waals surface area contributed by atoms with Crippen LogP contribution in [-0.2, 0) is 14.2 Å². The molecule has 108 valence electrons. The zero-order valence-corrected chi connectivity index (χ0v) is 12.0. The summed E-state index contributed by atoms with van der Waals surface area (Å²) in [4.78, 5) is 2.45. The normalized spacial score (nSPS) is 21.2. The van der Waals surface area contributed by atoms with Crippen LogP contribution in [-0.4, -0.2) is 70.2 Å². The van der Waals surface area contributed by atoms with E-state index < -0.39 is 0 Å². The Labute approximate surface area is 111 Å². The van der Waals surface area contributed by atoms with E-state index in [0.29, 0.717) is 19.2 Å². The molecule has 1 fully saturated rings. The summed E-state index contributed by atoms with van der Waals surface area (Å²) in [5, 5.41) is 0. The van der Waals surface area contributed by atoms with Gasteiger partial charge in [-0.3, -0.25) is 4.90 Å². The number of methoxy groups -OCH3 is 2. The van der Waals surface area contributed by atoms with Crippen LogP contribution >= 0.6 is 0 Å². The first-order valence-electron chi connectivity index (χ1n) is 6.72. The number of ether oxygens (including phenoxy) is 3. The van der Waals surface area contributed by atoms with Gasteiger partial charge in [-0.05, 0) is 19.8 Å². The van der Waals surface area contributed by atoms with Crippen LogP contribution in [0, 0.1) is 0 Å². The fraction of sp³-hybridized carbons (Fsp3) is 1.00. The molecule has 1 unspecified atom stereocenters. The smallest absolute Gasteiger partial charge is 0.0615 e. The number of nitrogens with zero attached hydrogens (tertiary/aromatic N) is 1. The van der Waals surface area contributed by atoms with E-state index >= 15 is 0 Å². The Bertz CT molecular complexity index is 220. The van der Waals surface area contributed by atoms with Crippen LogP contribution in [0.25, 0.3) is 0 Å². The molecule has 0 radical (unpaired) electrons. The average Bonchev–Trinajstić information content (AvgIpc) is 2.40. The van der Waals surface area contributed by atoms with Gasteiger partial charge in [-0.15, -0.1) is 0 Å². The van der Waals surface area contributed by atoms with Gasteiger partial charge in [0, 0.05) is 52.1 Å². The molecule has 0 aromatic heterocycles. The predicted octanol–water partition coefficient (Wildman–Crippen LogP) is 0.478. The van der Waals surface area contributed by atoms with E-state index in [1.165, 1.54) is 0 Å². The first-order valence-corrected chi connectivity index (χ1v) is 6.72. The molecule has 5 nitrogen and oxygen atoms in total. The van der Waals surface area contributed by atoms with Crippen molar-refractivity contribution in [2.75, 3.05) is 53.7 Å². The van der Waals surface area contributed by atoms with Gasteiger partial charge < -0.3 is 19.9 Å². The maximum Gasteiger partial charge on any atom is 0.0615 e. The van der Waals surface area contributed by atoms with E-state index in [1.807, 2.05) is 0 Å². The van der Waals surface area contributed by atoms with Crippen LogP contribution < -0.4 is 5.73 Å². The molecule has 0 spiro atoms. The summed E-state index contributed by atoms with van der Waals surface area (Å²) in [6.07, 6.45) is 1.97. The second kappa shape index (κ2) is 8.07. The lowest BCUT2D eigenvalue weighted by Crippen LogP contribution is -2.61. The topological polar surface area (TPSA) is 57.0 Å². The van der Waals surface area contributed by atoms with E-state index in [2.05, 4.69) is 11.8 Å². The minimum Gasteiger partial charge on any atom is -0.383 e. The monoisotopic (exact) mass is 260 g/mol. The number of rotatable bonds is 8. The molecular formula is C13H28N2O3. The van der Waals surface area contributed by atoms with Gasteiger partial charge in [0.2, 0.25) is 0 Å². The molecule has 1 saturated heterocycles. The first kappa shape index (κ1) is 15.9. The summed E-state index contributed by atoms with van der Waals surface area (Å²) in [6.45, 7) is 6.75. The van der Waals surface area contributed by atoms with Crippen molar-refractivity contribution in [3.8, 4) is 0 Å². The second-order valence-electron chi connectivity index (χ2n) is 5.03. The Kier molecular flexibility index (Phi) is 7.11. The molecule has 0 amide bonds. The minimum atomic E-state index is 0.0364. The molecule has 2 N–H and O–H groups in total. The highest BCUT2D eigenvalue weighted by Gasteiger charge is 2.39. The van der Waals surface area contributed by atoms with Gasteiger partial charge in [-0.2, -0.15) is 0 Å². The fourth-order valence-electron chi connectivity index (χ4n) is 2.81. The molecule has 0 bridgehead atoms. The molecule has 1 heterocycles. The Morgan fingerprint density at radius 3 is 2.44 bits per heavy atom. The van der Waals surface area contributed by atoms with Gasteiger partial charge in [-0.25, -0.2) is 0 Å². The van der Waals surface area contributed by atoms with Gasteiger partial charge in [-0.1, -0.05) is 0 Å². The third-order valence-corrected chi connectivity index (χ3v) is 3.89. The van der Waals surface area contributed by atoms with Crippen LogP contribution in [0.1, 0.15) is 19.8 Å². The lowest BCUT2D eigenvalue weighted by Gasteiger charge is -2.48. The summed E-state index contributed by atoms with van der Waals surface area (Å²) < 4.78 is 16.0. The summed E-state index contributed by atoms with van der Waals surface area (Å²) in [5.74, 6) is 0. The molecular weight excluding hydrogens is 232 g/mol. The van der Waals surface area contributed by atoms with Crippen molar-refractivity contribution in [1.29, 1.82) is 0 Å². The Morgan fingerprint density at radius 1 is 1.28 bits per heavy atom. The van der Waals surface area contributed by atoms with E-state index in [4.69, 9.17) is 19.9 Å². The number of hydrogen-bond donors (Lipinski definition) is 1. The molecule has 0 saturated carbocycles. The van der Waals surface area contributed by atoms with E-state index in [9.17, 15) is 0 Å². The maximum absolute atomic E-state index is 6.07. The molecule has 1 rings (SSSR count). The summed E-state index contributed by atoms with van der Waals surface area (Å²) in [6, 6.07) is 0.340. The van der Waals surface area contributed by atoms with Gasteiger partial charge in [0.1, 0.15) is 0 Å². The van der Waals surface area contributed by atoms with Crippen LogP contribution in [0.2, 0.25) is 0 Å². The van der Waals surface area contributed by atoms with Crippen molar-refractivity contribution < 1.29 is 14.2 Å². The van der Waals surface area contributed by atoms with Crippen LogP contribution in [0.3, 0.4) is 0 Å².